The van der Waals surface area contributed by atoms with Crippen molar-refractivity contribution in [3.8, 4) is 11.5 Å². The Morgan fingerprint density at radius 3 is 2.89 bits per heavy atom. The molecule has 0 unspecified atom stereocenters. The SMILES string of the molecule is CC[C@@H]1CC(=O)[C@@H]2Oc3c(O)ccc4c3[C@@]23CCN(CC2CCC2)[C@H](C4)[C@H]13. The molecule has 1 aromatic rings. The lowest BCUT2D eigenvalue weighted by molar-refractivity contribution is -0.145. The Bertz CT molecular complexity index is 816. The van der Waals surface area contributed by atoms with Crippen molar-refractivity contribution in [1.29, 1.82) is 0 Å². The topological polar surface area (TPSA) is 49.8 Å². The highest BCUT2D eigenvalue weighted by molar-refractivity contribution is 5.89. The lowest BCUT2D eigenvalue weighted by atomic mass is 9.48. The molecule has 1 N–H and O–H groups in total. The first-order chi connectivity index (χ1) is 13.1. The summed E-state index contributed by atoms with van der Waals surface area (Å²) in [4.78, 5) is 15.9. The van der Waals surface area contributed by atoms with Crippen molar-refractivity contribution >= 4 is 5.78 Å². The molecular weight excluding hydrogens is 338 g/mol. The molecule has 0 amide bonds. The Kier molecular flexibility index (Phi) is 3.34. The molecule has 0 radical (unpaired) electrons. The number of aromatic hydroxyl groups is 1. The second-order valence-corrected chi connectivity index (χ2v) is 9.66. The highest BCUT2D eigenvalue weighted by atomic mass is 16.5. The number of carbonyl (C=O) groups excluding carboxylic acids is 1. The van der Waals surface area contributed by atoms with Crippen LogP contribution in [-0.2, 0) is 16.6 Å². The fraction of sp³-hybridized carbons (Fsp3) is 0.696. The summed E-state index contributed by atoms with van der Waals surface area (Å²) < 4.78 is 6.25. The molecule has 3 aliphatic carbocycles. The van der Waals surface area contributed by atoms with Crippen LogP contribution in [0.5, 0.6) is 11.5 Å². The minimum absolute atomic E-state index is 0.196. The number of ether oxygens (including phenoxy) is 1. The van der Waals surface area contributed by atoms with Crippen LogP contribution in [0.3, 0.4) is 0 Å². The van der Waals surface area contributed by atoms with E-state index in [1.807, 2.05) is 0 Å². The van der Waals surface area contributed by atoms with Gasteiger partial charge in [0.15, 0.2) is 23.4 Å². The first-order valence-electron chi connectivity index (χ1n) is 10.9. The predicted molar refractivity (Wildman–Crippen MR) is 102 cm³/mol. The van der Waals surface area contributed by atoms with E-state index in [-0.39, 0.29) is 23.1 Å². The number of benzene rings is 1. The lowest BCUT2D eigenvalue weighted by Crippen LogP contribution is -2.68. The van der Waals surface area contributed by atoms with Gasteiger partial charge < -0.3 is 9.84 Å². The van der Waals surface area contributed by atoms with Gasteiger partial charge in [0.1, 0.15) is 0 Å². The zero-order valence-corrected chi connectivity index (χ0v) is 16.1. The van der Waals surface area contributed by atoms with E-state index in [2.05, 4.69) is 17.9 Å². The Hall–Kier alpha value is -1.55. The molecular formula is C23H29NO3. The van der Waals surface area contributed by atoms with Crippen LogP contribution in [-0.4, -0.2) is 41.0 Å². The fourth-order valence-corrected chi connectivity index (χ4v) is 7.29. The van der Waals surface area contributed by atoms with Gasteiger partial charge in [-0.25, -0.2) is 0 Å². The van der Waals surface area contributed by atoms with Gasteiger partial charge in [0.2, 0.25) is 0 Å². The van der Waals surface area contributed by atoms with Crippen molar-refractivity contribution in [3.63, 3.8) is 0 Å². The van der Waals surface area contributed by atoms with E-state index in [0.717, 1.165) is 31.7 Å². The van der Waals surface area contributed by atoms with Gasteiger partial charge in [0, 0.05) is 30.0 Å². The Morgan fingerprint density at radius 1 is 1.30 bits per heavy atom. The molecule has 0 aromatic heterocycles. The first kappa shape index (κ1) is 16.4. The molecule has 6 rings (SSSR count). The third-order valence-corrected chi connectivity index (χ3v) is 8.62. The third-order valence-electron chi connectivity index (χ3n) is 8.62. The second kappa shape index (κ2) is 5.50. The summed E-state index contributed by atoms with van der Waals surface area (Å²) in [5.74, 6) is 2.89. The Balaban J connectivity index is 1.51. The van der Waals surface area contributed by atoms with Crippen LogP contribution in [0.15, 0.2) is 12.1 Å². The molecule has 5 aliphatic rings. The van der Waals surface area contributed by atoms with E-state index < -0.39 is 0 Å². The summed E-state index contributed by atoms with van der Waals surface area (Å²) in [7, 11) is 0. The van der Waals surface area contributed by atoms with E-state index in [9.17, 15) is 9.90 Å². The normalized spacial score (nSPS) is 39.7. The summed E-state index contributed by atoms with van der Waals surface area (Å²) in [6.07, 6.45) is 7.53. The van der Waals surface area contributed by atoms with Crippen LogP contribution in [0.4, 0.5) is 0 Å². The van der Waals surface area contributed by atoms with E-state index in [0.29, 0.717) is 30.0 Å². The summed E-state index contributed by atoms with van der Waals surface area (Å²) >= 11 is 0. The number of hydrogen-bond acceptors (Lipinski definition) is 4. The number of carbonyl (C=O) groups is 1. The molecule has 2 bridgehead atoms. The van der Waals surface area contributed by atoms with Gasteiger partial charge >= 0.3 is 0 Å². The first-order valence-corrected chi connectivity index (χ1v) is 10.9. The molecule has 144 valence electrons. The molecule has 2 heterocycles. The average Bonchev–Trinajstić information content (AvgIpc) is 2.98. The third kappa shape index (κ3) is 1.95. The maximum absolute atomic E-state index is 13.1. The molecule has 2 saturated carbocycles. The molecule has 3 fully saturated rings. The number of phenols is 1. The Labute approximate surface area is 160 Å². The number of piperidine rings is 1. The number of ketones is 1. The van der Waals surface area contributed by atoms with Gasteiger partial charge in [-0.1, -0.05) is 25.8 Å². The van der Waals surface area contributed by atoms with Crippen molar-refractivity contribution in [2.24, 2.45) is 17.8 Å². The van der Waals surface area contributed by atoms with Crippen molar-refractivity contribution in [2.45, 2.75) is 69.4 Å². The van der Waals surface area contributed by atoms with Gasteiger partial charge in [-0.05, 0) is 61.6 Å². The Morgan fingerprint density at radius 2 is 2.15 bits per heavy atom. The summed E-state index contributed by atoms with van der Waals surface area (Å²) in [6, 6.07) is 4.39. The number of likely N-dealkylation sites (tertiary alicyclic amines) is 1. The maximum Gasteiger partial charge on any atom is 0.174 e. The van der Waals surface area contributed by atoms with Crippen LogP contribution < -0.4 is 4.74 Å². The van der Waals surface area contributed by atoms with Gasteiger partial charge in [0.05, 0.1) is 0 Å². The van der Waals surface area contributed by atoms with E-state index in [4.69, 9.17) is 4.74 Å². The monoisotopic (exact) mass is 367 g/mol. The van der Waals surface area contributed by atoms with Crippen molar-refractivity contribution in [2.75, 3.05) is 13.1 Å². The van der Waals surface area contributed by atoms with Crippen LogP contribution in [0.25, 0.3) is 0 Å². The second-order valence-electron chi connectivity index (χ2n) is 9.66. The summed E-state index contributed by atoms with van der Waals surface area (Å²) in [5.41, 5.74) is 2.32. The number of Topliss-reactive ketones (excluding diaryl/α,β-unsaturated/α-hetero) is 1. The minimum atomic E-state index is -0.374. The number of hydrogen-bond donors (Lipinski definition) is 1. The van der Waals surface area contributed by atoms with Crippen molar-refractivity contribution in [3.05, 3.63) is 23.3 Å². The molecule has 1 aromatic carbocycles. The zero-order chi connectivity index (χ0) is 18.3. The number of nitrogens with zero attached hydrogens (tertiary/aromatic N) is 1. The van der Waals surface area contributed by atoms with Gasteiger partial charge in [-0.15, -0.1) is 0 Å². The maximum atomic E-state index is 13.1. The average molecular weight is 367 g/mol. The largest absolute Gasteiger partial charge is 0.504 e. The van der Waals surface area contributed by atoms with E-state index in [1.54, 1.807) is 6.07 Å². The predicted octanol–water partition coefficient (Wildman–Crippen LogP) is 3.44. The van der Waals surface area contributed by atoms with Crippen LogP contribution in [0.2, 0.25) is 0 Å². The smallest absolute Gasteiger partial charge is 0.174 e. The van der Waals surface area contributed by atoms with E-state index >= 15 is 0 Å². The van der Waals surface area contributed by atoms with Crippen LogP contribution >= 0.6 is 0 Å². The van der Waals surface area contributed by atoms with Gasteiger partial charge in [-0.3, -0.25) is 9.69 Å². The zero-order valence-electron chi connectivity index (χ0n) is 16.1. The highest BCUT2D eigenvalue weighted by Crippen LogP contribution is 2.64. The summed E-state index contributed by atoms with van der Waals surface area (Å²) in [5, 5.41) is 10.5. The quantitative estimate of drug-likeness (QED) is 0.889. The summed E-state index contributed by atoms with van der Waals surface area (Å²) in [6.45, 7) is 4.54. The molecule has 1 saturated heterocycles. The molecule has 1 spiro atoms. The molecule has 2 aliphatic heterocycles. The molecule has 4 nitrogen and oxygen atoms in total. The van der Waals surface area contributed by atoms with Crippen molar-refractivity contribution in [1.82, 2.24) is 4.90 Å². The standard InChI is InChI=1S/C23H29NO3/c1-2-14-11-18(26)22-23-8-9-24(12-13-4-3-5-13)16(19(14)23)10-15-6-7-17(25)21(27-22)20(15)23/h6-7,13-14,16,19,22,25H,2-5,8-12H2,1H3/t14-,16-,19+,22+,23+/m1/s1. The number of phenolic OH excluding ortho intramolecular Hbond substituents is 1. The molecule has 27 heavy (non-hydrogen) atoms. The fourth-order valence-electron chi connectivity index (χ4n) is 7.29. The number of rotatable bonds is 3. The van der Waals surface area contributed by atoms with Crippen molar-refractivity contribution < 1.29 is 14.6 Å². The highest BCUT2D eigenvalue weighted by Gasteiger charge is 2.67. The van der Waals surface area contributed by atoms with Crippen LogP contribution in [0, 0.1) is 17.8 Å². The lowest BCUT2D eigenvalue weighted by Gasteiger charge is -2.60. The van der Waals surface area contributed by atoms with Crippen LogP contribution in [0.1, 0.15) is 56.6 Å². The molecule has 5 atom stereocenters. The van der Waals surface area contributed by atoms with Gasteiger partial charge in [0.25, 0.3) is 0 Å². The van der Waals surface area contributed by atoms with E-state index in [1.165, 1.54) is 36.9 Å². The molecule has 4 heteroatoms. The minimum Gasteiger partial charge on any atom is -0.504 e. The van der Waals surface area contributed by atoms with Gasteiger partial charge in [-0.2, -0.15) is 0 Å².